The van der Waals surface area contributed by atoms with E-state index in [1.54, 1.807) is 6.08 Å². The first-order chi connectivity index (χ1) is 19.1. The summed E-state index contributed by atoms with van der Waals surface area (Å²) < 4.78 is 7.75. The average Bonchev–Trinajstić information content (AvgIpc) is 3.14. The molecule has 0 unspecified atom stereocenters. The standard InChI is InChI=1S/C32H31N3O5/c1-5-33(6-2)24-13-11-21-17-22(31(37)40-29(21)19-24)12-16-30-32(3,4)26-9-7-8-10-27(26)34(30)20-23-18-25(35(38)39)14-15-28(23)36/h7-19H,5-6,20H2,1-4H3/p+1. The van der Waals surface area contributed by atoms with Gasteiger partial charge in [-0.05, 0) is 58.0 Å². The zero-order chi connectivity index (χ0) is 28.6. The van der Waals surface area contributed by atoms with Gasteiger partial charge in [-0.15, -0.1) is 0 Å². The number of phenols is 1. The van der Waals surface area contributed by atoms with Gasteiger partial charge in [0.15, 0.2) is 12.3 Å². The van der Waals surface area contributed by atoms with E-state index in [0.717, 1.165) is 41.1 Å². The van der Waals surface area contributed by atoms with Gasteiger partial charge in [0.2, 0.25) is 5.69 Å². The van der Waals surface area contributed by atoms with Gasteiger partial charge in [-0.2, -0.15) is 4.58 Å². The first-order valence-electron chi connectivity index (χ1n) is 13.4. The van der Waals surface area contributed by atoms with Crippen molar-refractivity contribution in [3.05, 3.63) is 110 Å². The minimum absolute atomic E-state index is 0.0182. The number of nitro groups is 1. The van der Waals surface area contributed by atoms with Crippen LogP contribution in [0.5, 0.6) is 5.75 Å². The first kappa shape index (κ1) is 26.9. The van der Waals surface area contributed by atoms with Crippen LogP contribution in [-0.2, 0) is 12.0 Å². The highest BCUT2D eigenvalue weighted by Crippen LogP contribution is 2.41. The topological polar surface area (TPSA) is 99.8 Å². The Hall–Kier alpha value is -4.72. The van der Waals surface area contributed by atoms with Crippen LogP contribution in [0.1, 0.15) is 44.4 Å². The van der Waals surface area contributed by atoms with Crippen LogP contribution >= 0.6 is 0 Å². The summed E-state index contributed by atoms with van der Waals surface area (Å²) in [6, 6.07) is 19.7. The normalized spacial score (nSPS) is 14.2. The Morgan fingerprint density at radius 2 is 1.77 bits per heavy atom. The van der Waals surface area contributed by atoms with Gasteiger partial charge in [0, 0.05) is 60.1 Å². The van der Waals surface area contributed by atoms with Gasteiger partial charge >= 0.3 is 5.63 Å². The number of hydrogen-bond donors (Lipinski definition) is 1. The molecule has 1 aliphatic heterocycles. The Kier molecular flexibility index (Phi) is 7.02. The predicted molar refractivity (Wildman–Crippen MR) is 158 cm³/mol. The van der Waals surface area contributed by atoms with E-state index in [2.05, 4.69) is 32.6 Å². The van der Waals surface area contributed by atoms with Crippen molar-refractivity contribution in [3.8, 4) is 5.75 Å². The largest absolute Gasteiger partial charge is 0.507 e. The molecule has 0 bridgehead atoms. The second-order valence-electron chi connectivity index (χ2n) is 10.4. The summed E-state index contributed by atoms with van der Waals surface area (Å²) in [5.74, 6) is -0.0182. The molecule has 4 aromatic rings. The number of para-hydroxylation sites is 1. The fraction of sp³-hybridized carbons (Fsp3) is 0.250. The molecule has 0 saturated carbocycles. The van der Waals surface area contributed by atoms with Crippen molar-refractivity contribution in [2.45, 2.75) is 39.7 Å². The number of hydrogen-bond acceptors (Lipinski definition) is 6. The Labute approximate surface area is 232 Å². The quantitative estimate of drug-likeness (QED) is 0.118. The van der Waals surface area contributed by atoms with Crippen LogP contribution in [0.15, 0.2) is 82.0 Å². The number of aromatic hydroxyl groups is 1. The highest BCUT2D eigenvalue weighted by atomic mass is 16.6. The molecule has 1 N–H and O–H groups in total. The van der Waals surface area contributed by atoms with Gasteiger partial charge in [-0.25, -0.2) is 4.79 Å². The van der Waals surface area contributed by atoms with E-state index in [1.807, 2.05) is 59.2 Å². The van der Waals surface area contributed by atoms with Gasteiger partial charge in [0.25, 0.3) is 5.69 Å². The molecule has 0 saturated heterocycles. The molecule has 0 radical (unpaired) electrons. The third kappa shape index (κ3) is 4.77. The number of fused-ring (bicyclic) bond motifs is 2. The molecule has 0 amide bonds. The average molecular weight is 539 g/mol. The maximum atomic E-state index is 13.0. The molecule has 204 valence electrons. The summed E-state index contributed by atoms with van der Waals surface area (Å²) in [7, 11) is 0. The molecule has 5 rings (SSSR count). The Morgan fingerprint density at radius 1 is 1.02 bits per heavy atom. The Balaban J connectivity index is 1.59. The van der Waals surface area contributed by atoms with E-state index >= 15 is 0 Å². The van der Waals surface area contributed by atoms with Crippen molar-refractivity contribution in [3.63, 3.8) is 0 Å². The molecular weight excluding hydrogens is 506 g/mol. The van der Waals surface area contributed by atoms with Crippen LogP contribution < -0.4 is 10.5 Å². The molecule has 40 heavy (non-hydrogen) atoms. The number of rotatable bonds is 8. The van der Waals surface area contributed by atoms with Crippen LogP contribution in [0, 0.1) is 10.1 Å². The molecule has 1 aliphatic rings. The Bertz CT molecular complexity index is 1750. The van der Waals surface area contributed by atoms with Crippen LogP contribution in [0.2, 0.25) is 0 Å². The number of phenolic OH excluding ortho intramolecular Hbond substituents is 1. The number of non-ortho nitro benzene ring substituents is 1. The molecule has 2 heterocycles. The fourth-order valence-corrected chi connectivity index (χ4v) is 5.48. The van der Waals surface area contributed by atoms with Gasteiger partial charge in [-0.1, -0.05) is 18.2 Å². The highest BCUT2D eigenvalue weighted by Gasteiger charge is 2.44. The van der Waals surface area contributed by atoms with Crippen LogP contribution in [-0.4, -0.2) is 33.4 Å². The number of nitrogens with zero attached hydrogens (tertiary/aromatic N) is 3. The maximum Gasteiger partial charge on any atom is 0.343 e. The van der Waals surface area contributed by atoms with Crippen molar-refractivity contribution in [1.82, 2.24) is 0 Å². The summed E-state index contributed by atoms with van der Waals surface area (Å²) in [5, 5.41) is 22.8. The van der Waals surface area contributed by atoms with Crippen LogP contribution in [0.3, 0.4) is 0 Å². The molecule has 0 aliphatic carbocycles. The van der Waals surface area contributed by atoms with Gasteiger partial charge < -0.3 is 14.4 Å². The summed E-state index contributed by atoms with van der Waals surface area (Å²) in [5.41, 5.74) is 4.34. The van der Waals surface area contributed by atoms with E-state index in [4.69, 9.17) is 4.42 Å². The number of nitro benzene ring substituents is 1. The maximum absolute atomic E-state index is 13.0. The lowest BCUT2D eigenvalue weighted by atomic mass is 9.81. The molecule has 3 aromatic carbocycles. The van der Waals surface area contributed by atoms with Crippen molar-refractivity contribution < 1.29 is 19.0 Å². The Morgan fingerprint density at radius 3 is 2.50 bits per heavy atom. The molecule has 1 aromatic heterocycles. The second-order valence-corrected chi connectivity index (χ2v) is 10.4. The van der Waals surface area contributed by atoms with Crippen LogP contribution in [0.25, 0.3) is 17.0 Å². The van der Waals surface area contributed by atoms with Crippen molar-refractivity contribution in [2.75, 3.05) is 18.0 Å². The summed E-state index contributed by atoms with van der Waals surface area (Å²) in [4.78, 5) is 26.1. The monoisotopic (exact) mass is 538 g/mol. The van der Waals surface area contributed by atoms with Gasteiger partial charge in [0.05, 0.1) is 21.5 Å². The van der Waals surface area contributed by atoms with E-state index in [0.29, 0.717) is 16.7 Å². The molecule has 8 heteroatoms. The molecular formula is C32H32N3O5+. The number of benzene rings is 3. The smallest absolute Gasteiger partial charge is 0.343 e. The SMILES string of the molecule is CCN(CC)c1ccc2cc(/C=C/C3=[N+](Cc4cc([N+](=O)[O-])ccc4O)c4ccccc4C3(C)C)c(=O)oc2c1. The molecule has 8 nitrogen and oxygen atoms in total. The van der Waals surface area contributed by atoms with E-state index in [9.17, 15) is 20.0 Å². The zero-order valence-electron chi connectivity index (χ0n) is 23.0. The summed E-state index contributed by atoms with van der Waals surface area (Å²) >= 11 is 0. The first-order valence-corrected chi connectivity index (χ1v) is 13.4. The molecule has 0 atom stereocenters. The minimum Gasteiger partial charge on any atom is -0.507 e. The predicted octanol–water partition coefficient (Wildman–Crippen LogP) is 6.54. The lowest BCUT2D eigenvalue weighted by Gasteiger charge is -2.20. The van der Waals surface area contributed by atoms with E-state index in [-0.39, 0.29) is 18.0 Å². The third-order valence-electron chi connectivity index (χ3n) is 7.70. The summed E-state index contributed by atoms with van der Waals surface area (Å²) in [6.07, 6.45) is 3.66. The van der Waals surface area contributed by atoms with Gasteiger partial charge in [-0.3, -0.25) is 10.1 Å². The van der Waals surface area contributed by atoms with Gasteiger partial charge in [0.1, 0.15) is 11.3 Å². The third-order valence-corrected chi connectivity index (χ3v) is 7.70. The lowest BCUT2D eigenvalue weighted by molar-refractivity contribution is -0.455. The molecule has 0 spiro atoms. The van der Waals surface area contributed by atoms with E-state index in [1.165, 1.54) is 18.2 Å². The van der Waals surface area contributed by atoms with Crippen molar-refractivity contribution >= 4 is 39.8 Å². The second kappa shape index (κ2) is 10.4. The zero-order valence-corrected chi connectivity index (χ0v) is 23.0. The fourth-order valence-electron chi connectivity index (χ4n) is 5.48. The minimum atomic E-state index is -0.473. The highest BCUT2D eigenvalue weighted by molar-refractivity contribution is 6.05. The van der Waals surface area contributed by atoms with Crippen molar-refractivity contribution in [1.29, 1.82) is 0 Å². The van der Waals surface area contributed by atoms with E-state index < -0.39 is 16.0 Å². The lowest BCUT2D eigenvalue weighted by Crippen LogP contribution is -2.27. The van der Waals surface area contributed by atoms with Crippen molar-refractivity contribution in [2.24, 2.45) is 0 Å². The number of anilines is 1. The number of allylic oxidation sites excluding steroid dienone is 1. The van der Waals surface area contributed by atoms with Crippen LogP contribution in [0.4, 0.5) is 17.1 Å². The molecule has 0 fully saturated rings. The summed E-state index contributed by atoms with van der Waals surface area (Å²) in [6.45, 7) is 10.3.